The first-order chi connectivity index (χ1) is 8.29. The van der Waals surface area contributed by atoms with E-state index < -0.39 is 17.3 Å². The Hall–Kier alpha value is -2.11. The van der Waals surface area contributed by atoms with E-state index in [2.05, 4.69) is 4.98 Å². The van der Waals surface area contributed by atoms with Crippen LogP contribution in [0.4, 0.5) is 13.2 Å². The molecule has 1 heterocycles. The van der Waals surface area contributed by atoms with Crippen LogP contribution in [0.15, 0.2) is 29.1 Å². The summed E-state index contributed by atoms with van der Waals surface area (Å²) >= 11 is 0. The van der Waals surface area contributed by atoms with E-state index in [1.807, 2.05) is 0 Å². The van der Waals surface area contributed by atoms with Crippen LogP contribution in [0.1, 0.15) is 23.0 Å². The standard InChI is InChI=1S/C12H8F3NO2/c1-6(17)7-2-3-9-8(4-7)10(18)5-11(16-9)12(13,14)15/h2-5H,1H3,(H,16,18). The molecular formula is C12H8F3NO2. The Labute approximate surface area is 99.2 Å². The van der Waals surface area contributed by atoms with Gasteiger partial charge in [0.15, 0.2) is 11.2 Å². The number of fused-ring (bicyclic) bond motifs is 1. The minimum Gasteiger partial charge on any atom is -0.351 e. The van der Waals surface area contributed by atoms with Gasteiger partial charge >= 0.3 is 6.18 Å². The van der Waals surface area contributed by atoms with Crippen molar-refractivity contribution < 1.29 is 18.0 Å². The molecule has 1 aromatic heterocycles. The number of halogens is 3. The second kappa shape index (κ2) is 3.97. The number of pyridine rings is 1. The summed E-state index contributed by atoms with van der Waals surface area (Å²) in [5.74, 6) is -0.254. The van der Waals surface area contributed by atoms with Crippen molar-refractivity contribution in [1.82, 2.24) is 4.98 Å². The maximum absolute atomic E-state index is 12.5. The molecule has 2 rings (SSSR count). The number of nitrogens with one attached hydrogen (secondary N) is 1. The Morgan fingerprint density at radius 3 is 2.44 bits per heavy atom. The number of ketones is 1. The van der Waals surface area contributed by atoms with Crippen molar-refractivity contribution in [1.29, 1.82) is 0 Å². The molecule has 0 atom stereocenters. The highest BCUT2D eigenvalue weighted by Gasteiger charge is 2.32. The molecule has 0 aliphatic heterocycles. The van der Waals surface area contributed by atoms with Crippen LogP contribution in [0.25, 0.3) is 10.9 Å². The van der Waals surface area contributed by atoms with Gasteiger partial charge in [0, 0.05) is 22.5 Å². The van der Waals surface area contributed by atoms with Gasteiger partial charge in [-0.25, -0.2) is 0 Å². The molecule has 0 amide bonds. The van der Waals surface area contributed by atoms with Crippen LogP contribution in [0.2, 0.25) is 0 Å². The van der Waals surface area contributed by atoms with Gasteiger partial charge in [0.25, 0.3) is 0 Å². The van der Waals surface area contributed by atoms with E-state index in [9.17, 15) is 22.8 Å². The molecule has 94 valence electrons. The molecule has 0 aliphatic rings. The fourth-order valence-electron chi connectivity index (χ4n) is 1.62. The van der Waals surface area contributed by atoms with E-state index in [0.717, 1.165) is 0 Å². The largest absolute Gasteiger partial charge is 0.431 e. The summed E-state index contributed by atoms with van der Waals surface area (Å²) in [5.41, 5.74) is -1.53. The zero-order chi connectivity index (χ0) is 13.5. The number of alkyl halides is 3. The van der Waals surface area contributed by atoms with E-state index in [1.165, 1.54) is 25.1 Å². The fourth-order valence-corrected chi connectivity index (χ4v) is 1.62. The van der Waals surface area contributed by atoms with Crippen LogP contribution in [0, 0.1) is 0 Å². The van der Waals surface area contributed by atoms with Crippen molar-refractivity contribution in [2.45, 2.75) is 13.1 Å². The molecule has 0 bridgehead atoms. The van der Waals surface area contributed by atoms with E-state index in [1.54, 1.807) is 0 Å². The van der Waals surface area contributed by atoms with Crippen LogP contribution in [-0.2, 0) is 6.18 Å². The molecule has 0 unspecified atom stereocenters. The third kappa shape index (κ3) is 2.13. The lowest BCUT2D eigenvalue weighted by Crippen LogP contribution is -2.14. The number of Topliss-reactive ketones (excluding diaryl/α,β-unsaturated/α-hetero) is 1. The summed E-state index contributed by atoms with van der Waals surface area (Å²) in [6, 6.07) is 4.45. The number of aromatic amines is 1. The van der Waals surface area contributed by atoms with E-state index in [-0.39, 0.29) is 22.2 Å². The summed E-state index contributed by atoms with van der Waals surface area (Å²) in [7, 11) is 0. The van der Waals surface area contributed by atoms with Gasteiger partial charge in [0.1, 0.15) is 5.69 Å². The number of benzene rings is 1. The molecule has 0 spiro atoms. The summed E-state index contributed by atoms with van der Waals surface area (Å²) in [4.78, 5) is 24.9. The van der Waals surface area contributed by atoms with Crippen molar-refractivity contribution in [3.8, 4) is 0 Å². The minimum absolute atomic E-state index is 0.0554. The predicted molar refractivity (Wildman–Crippen MR) is 59.6 cm³/mol. The SMILES string of the molecule is CC(=O)c1ccc2[nH]c(C(F)(F)F)cc(=O)c2c1. The number of hydrogen-bond donors (Lipinski definition) is 1. The van der Waals surface area contributed by atoms with Gasteiger partial charge in [-0.3, -0.25) is 9.59 Å². The van der Waals surface area contributed by atoms with E-state index in [0.29, 0.717) is 6.07 Å². The van der Waals surface area contributed by atoms with E-state index in [4.69, 9.17) is 0 Å². The zero-order valence-electron chi connectivity index (χ0n) is 9.26. The lowest BCUT2D eigenvalue weighted by Gasteiger charge is -2.08. The summed E-state index contributed by atoms with van der Waals surface area (Å²) < 4.78 is 37.4. The highest BCUT2D eigenvalue weighted by Crippen LogP contribution is 2.27. The van der Waals surface area contributed by atoms with Crippen molar-refractivity contribution >= 4 is 16.7 Å². The van der Waals surface area contributed by atoms with Gasteiger partial charge in [0.2, 0.25) is 0 Å². The average Bonchev–Trinajstić information content (AvgIpc) is 2.27. The Bertz CT molecular complexity index is 686. The third-order valence-corrected chi connectivity index (χ3v) is 2.54. The van der Waals surface area contributed by atoms with Crippen LogP contribution >= 0.6 is 0 Å². The van der Waals surface area contributed by atoms with Gasteiger partial charge in [-0.1, -0.05) is 0 Å². The van der Waals surface area contributed by atoms with Gasteiger partial charge in [-0.2, -0.15) is 13.2 Å². The first-order valence-corrected chi connectivity index (χ1v) is 5.04. The molecule has 1 aromatic carbocycles. The van der Waals surface area contributed by atoms with Crippen LogP contribution in [0.5, 0.6) is 0 Å². The summed E-state index contributed by atoms with van der Waals surface area (Å²) in [5, 5.41) is 0.0655. The number of rotatable bonds is 1. The Kier molecular flexibility index (Phi) is 2.73. The van der Waals surface area contributed by atoms with Gasteiger partial charge < -0.3 is 4.98 Å². The molecule has 0 radical (unpaired) electrons. The smallest absolute Gasteiger partial charge is 0.351 e. The molecular weight excluding hydrogens is 247 g/mol. The summed E-state index contributed by atoms with van der Waals surface area (Å²) in [6.45, 7) is 1.32. The minimum atomic E-state index is -4.60. The van der Waals surface area contributed by atoms with Crippen LogP contribution < -0.4 is 5.43 Å². The Morgan fingerprint density at radius 1 is 1.22 bits per heavy atom. The number of aromatic nitrogens is 1. The second-order valence-corrected chi connectivity index (χ2v) is 3.86. The van der Waals surface area contributed by atoms with Crippen LogP contribution in [-0.4, -0.2) is 10.8 Å². The lowest BCUT2D eigenvalue weighted by atomic mass is 10.1. The van der Waals surface area contributed by atoms with Crippen molar-refractivity contribution in [2.24, 2.45) is 0 Å². The normalized spacial score (nSPS) is 11.8. The highest BCUT2D eigenvalue weighted by atomic mass is 19.4. The molecule has 1 N–H and O–H groups in total. The topological polar surface area (TPSA) is 49.9 Å². The molecule has 0 fully saturated rings. The quantitative estimate of drug-likeness (QED) is 0.796. The zero-order valence-corrected chi connectivity index (χ0v) is 9.26. The van der Waals surface area contributed by atoms with E-state index >= 15 is 0 Å². The molecule has 0 aliphatic carbocycles. The number of hydrogen-bond acceptors (Lipinski definition) is 2. The maximum Gasteiger partial charge on any atom is 0.431 e. The fraction of sp³-hybridized carbons (Fsp3) is 0.167. The van der Waals surface area contributed by atoms with Crippen molar-refractivity contribution in [3.63, 3.8) is 0 Å². The van der Waals surface area contributed by atoms with Gasteiger partial charge in [-0.15, -0.1) is 0 Å². The Balaban J connectivity index is 2.74. The van der Waals surface area contributed by atoms with Gasteiger partial charge in [0.05, 0.1) is 0 Å². The maximum atomic E-state index is 12.5. The predicted octanol–water partition coefficient (Wildman–Crippen LogP) is 2.75. The highest BCUT2D eigenvalue weighted by molar-refractivity contribution is 5.97. The lowest BCUT2D eigenvalue weighted by molar-refractivity contribution is -0.141. The van der Waals surface area contributed by atoms with Gasteiger partial charge in [-0.05, 0) is 25.1 Å². The molecule has 0 saturated carbocycles. The van der Waals surface area contributed by atoms with Crippen molar-refractivity contribution in [3.05, 3.63) is 45.7 Å². The molecule has 0 saturated heterocycles. The Morgan fingerprint density at radius 2 is 1.89 bits per heavy atom. The number of carbonyl (C=O) groups excluding carboxylic acids is 1. The first kappa shape index (κ1) is 12.3. The summed E-state index contributed by atoms with van der Waals surface area (Å²) in [6.07, 6.45) is -4.60. The number of H-pyrrole nitrogens is 1. The third-order valence-electron chi connectivity index (χ3n) is 2.54. The molecule has 18 heavy (non-hydrogen) atoms. The average molecular weight is 255 g/mol. The first-order valence-electron chi connectivity index (χ1n) is 5.04. The second-order valence-electron chi connectivity index (χ2n) is 3.86. The van der Waals surface area contributed by atoms with Crippen molar-refractivity contribution in [2.75, 3.05) is 0 Å². The monoisotopic (exact) mass is 255 g/mol. The van der Waals surface area contributed by atoms with Crippen LogP contribution in [0.3, 0.4) is 0 Å². The number of carbonyl (C=O) groups is 1. The molecule has 2 aromatic rings. The molecule has 3 nitrogen and oxygen atoms in total. The molecule has 6 heteroatoms.